The van der Waals surface area contributed by atoms with Gasteiger partial charge in [-0.25, -0.2) is 5.43 Å². The van der Waals surface area contributed by atoms with Crippen LogP contribution in [0.3, 0.4) is 0 Å². The van der Waals surface area contributed by atoms with Crippen molar-refractivity contribution in [3.63, 3.8) is 0 Å². The Morgan fingerprint density at radius 1 is 0.906 bits per heavy atom. The van der Waals surface area contributed by atoms with Gasteiger partial charge >= 0.3 is 0 Å². The second kappa shape index (κ2) is 10.9. The average molecular weight is 447 g/mol. The molecule has 0 heterocycles. The molecule has 7 heteroatoms. The molecule has 0 saturated carbocycles. The standard InChI is InChI=1S/C25H23ClN4O2/c1-30(2)21-14-12-18(13-15-21)16-23(28-24(31)19-8-4-3-5-9-19)25(32)29-27-17-20-10-6-7-11-22(20)26/h3-17H,1-2H3,(H,28,31)(H,29,32)/b23-16+,27-17?. The second-order valence-electron chi connectivity index (χ2n) is 7.08. The van der Waals surface area contributed by atoms with Gasteiger partial charge in [-0.15, -0.1) is 0 Å². The second-order valence-corrected chi connectivity index (χ2v) is 7.49. The fourth-order valence-corrected chi connectivity index (χ4v) is 2.96. The van der Waals surface area contributed by atoms with E-state index in [2.05, 4.69) is 15.8 Å². The lowest BCUT2D eigenvalue weighted by molar-refractivity contribution is -0.117. The molecule has 3 rings (SSSR count). The van der Waals surface area contributed by atoms with E-state index in [1.807, 2.05) is 55.4 Å². The van der Waals surface area contributed by atoms with Crippen LogP contribution in [0.5, 0.6) is 0 Å². The number of anilines is 1. The van der Waals surface area contributed by atoms with Crippen LogP contribution in [0.2, 0.25) is 5.02 Å². The highest BCUT2D eigenvalue weighted by molar-refractivity contribution is 6.33. The van der Waals surface area contributed by atoms with Gasteiger partial charge < -0.3 is 10.2 Å². The third-order valence-corrected chi connectivity index (χ3v) is 4.87. The van der Waals surface area contributed by atoms with E-state index in [9.17, 15) is 9.59 Å². The molecule has 3 aromatic carbocycles. The Morgan fingerprint density at radius 2 is 1.56 bits per heavy atom. The minimum absolute atomic E-state index is 0.0627. The minimum atomic E-state index is -0.561. The number of rotatable bonds is 7. The summed E-state index contributed by atoms with van der Waals surface area (Å²) in [7, 11) is 3.89. The Bertz CT molecular complexity index is 1140. The number of benzene rings is 3. The summed E-state index contributed by atoms with van der Waals surface area (Å²) >= 11 is 6.11. The zero-order chi connectivity index (χ0) is 22.9. The summed E-state index contributed by atoms with van der Waals surface area (Å²) in [6.07, 6.45) is 3.05. The van der Waals surface area contributed by atoms with E-state index in [1.165, 1.54) is 6.21 Å². The number of hydrazone groups is 1. The van der Waals surface area contributed by atoms with Crippen LogP contribution in [0.25, 0.3) is 6.08 Å². The number of hydrogen-bond donors (Lipinski definition) is 2. The van der Waals surface area contributed by atoms with Crippen molar-refractivity contribution < 1.29 is 9.59 Å². The molecule has 0 radical (unpaired) electrons. The number of carbonyl (C=O) groups is 2. The van der Waals surface area contributed by atoms with Crippen molar-refractivity contribution in [2.75, 3.05) is 19.0 Å². The van der Waals surface area contributed by atoms with Gasteiger partial charge in [-0.05, 0) is 42.0 Å². The van der Waals surface area contributed by atoms with Crippen molar-refractivity contribution in [2.45, 2.75) is 0 Å². The summed E-state index contributed by atoms with van der Waals surface area (Å²) in [5, 5.41) is 7.17. The van der Waals surface area contributed by atoms with Crippen LogP contribution in [-0.2, 0) is 4.79 Å². The van der Waals surface area contributed by atoms with Crippen molar-refractivity contribution in [1.82, 2.24) is 10.7 Å². The first-order chi connectivity index (χ1) is 15.4. The monoisotopic (exact) mass is 446 g/mol. The molecule has 0 bridgehead atoms. The van der Waals surface area contributed by atoms with Gasteiger partial charge in [0.2, 0.25) is 0 Å². The lowest BCUT2D eigenvalue weighted by Gasteiger charge is -2.12. The number of nitrogens with one attached hydrogen (secondary N) is 2. The first-order valence-electron chi connectivity index (χ1n) is 9.87. The van der Waals surface area contributed by atoms with Gasteiger partial charge in [0.1, 0.15) is 5.70 Å². The zero-order valence-electron chi connectivity index (χ0n) is 17.7. The lowest BCUT2D eigenvalue weighted by Crippen LogP contribution is -2.32. The number of carbonyl (C=O) groups excluding carboxylic acids is 2. The Hall–Kier alpha value is -3.90. The normalized spacial score (nSPS) is 11.3. The van der Waals surface area contributed by atoms with Crippen molar-refractivity contribution in [2.24, 2.45) is 5.10 Å². The van der Waals surface area contributed by atoms with E-state index in [4.69, 9.17) is 11.6 Å². The van der Waals surface area contributed by atoms with E-state index < -0.39 is 11.8 Å². The first kappa shape index (κ1) is 22.8. The number of amides is 2. The SMILES string of the molecule is CN(C)c1ccc(/C=C(/NC(=O)c2ccccc2)C(=O)NN=Cc2ccccc2Cl)cc1. The van der Waals surface area contributed by atoms with Gasteiger partial charge in [0.25, 0.3) is 11.8 Å². The van der Waals surface area contributed by atoms with Gasteiger partial charge in [-0.2, -0.15) is 5.10 Å². The van der Waals surface area contributed by atoms with Crippen molar-refractivity contribution in [3.05, 3.63) is 106 Å². The zero-order valence-corrected chi connectivity index (χ0v) is 18.5. The van der Waals surface area contributed by atoms with E-state index in [1.54, 1.807) is 48.5 Å². The van der Waals surface area contributed by atoms with Crippen LogP contribution in [0, 0.1) is 0 Å². The molecule has 0 spiro atoms. The van der Waals surface area contributed by atoms with E-state index >= 15 is 0 Å². The molecule has 0 aliphatic rings. The molecular weight excluding hydrogens is 424 g/mol. The molecule has 0 aromatic heterocycles. The summed E-state index contributed by atoms with van der Waals surface area (Å²) in [6.45, 7) is 0. The third-order valence-electron chi connectivity index (χ3n) is 4.52. The Labute approximate surface area is 192 Å². The predicted molar refractivity (Wildman–Crippen MR) is 130 cm³/mol. The van der Waals surface area contributed by atoms with Crippen molar-refractivity contribution in [3.8, 4) is 0 Å². The Kier molecular flexibility index (Phi) is 7.78. The molecular formula is C25H23ClN4O2. The quantitative estimate of drug-likeness (QED) is 0.322. The molecule has 0 saturated heterocycles. The van der Waals surface area contributed by atoms with Crippen LogP contribution >= 0.6 is 11.6 Å². The maximum atomic E-state index is 12.8. The van der Waals surface area contributed by atoms with E-state index in [0.717, 1.165) is 11.3 Å². The van der Waals surface area contributed by atoms with Gasteiger partial charge in [0.05, 0.1) is 6.21 Å². The molecule has 2 amide bonds. The highest BCUT2D eigenvalue weighted by atomic mass is 35.5. The van der Waals surface area contributed by atoms with Crippen molar-refractivity contribution in [1.29, 1.82) is 0 Å². The molecule has 0 fully saturated rings. The largest absolute Gasteiger partial charge is 0.378 e. The van der Waals surface area contributed by atoms with E-state index in [-0.39, 0.29) is 5.70 Å². The molecule has 3 aromatic rings. The number of halogens is 1. The van der Waals surface area contributed by atoms with E-state index in [0.29, 0.717) is 16.1 Å². The van der Waals surface area contributed by atoms with Crippen LogP contribution in [0.1, 0.15) is 21.5 Å². The summed E-state index contributed by atoms with van der Waals surface area (Å²) in [5.41, 5.74) is 5.38. The predicted octanol–water partition coefficient (Wildman–Crippen LogP) is 4.33. The highest BCUT2D eigenvalue weighted by Crippen LogP contribution is 2.15. The average Bonchev–Trinajstić information content (AvgIpc) is 2.80. The Morgan fingerprint density at radius 3 is 2.22 bits per heavy atom. The highest BCUT2D eigenvalue weighted by Gasteiger charge is 2.14. The fourth-order valence-electron chi connectivity index (χ4n) is 2.78. The summed E-state index contributed by atoms with van der Waals surface area (Å²) in [4.78, 5) is 27.4. The van der Waals surface area contributed by atoms with Gasteiger partial charge in [-0.3, -0.25) is 9.59 Å². The Balaban J connectivity index is 1.82. The minimum Gasteiger partial charge on any atom is -0.378 e. The molecule has 6 nitrogen and oxygen atoms in total. The summed E-state index contributed by atoms with van der Waals surface area (Å²) < 4.78 is 0. The van der Waals surface area contributed by atoms with Gasteiger partial charge in [-0.1, -0.05) is 60.1 Å². The molecule has 0 atom stereocenters. The van der Waals surface area contributed by atoms with Crippen LogP contribution in [0.4, 0.5) is 5.69 Å². The fraction of sp³-hybridized carbons (Fsp3) is 0.0800. The molecule has 0 unspecified atom stereocenters. The van der Waals surface area contributed by atoms with Gasteiger partial charge in [0, 0.05) is 35.9 Å². The number of hydrogen-bond acceptors (Lipinski definition) is 4. The van der Waals surface area contributed by atoms with Crippen LogP contribution < -0.4 is 15.6 Å². The first-order valence-corrected chi connectivity index (χ1v) is 10.3. The maximum Gasteiger partial charge on any atom is 0.287 e. The summed E-state index contributed by atoms with van der Waals surface area (Å²) in [5.74, 6) is -0.957. The molecule has 2 N–H and O–H groups in total. The maximum absolute atomic E-state index is 12.8. The van der Waals surface area contributed by atoms with Gasteiger partial charge in [0.15, 0.2) is 0 Å². The molecule has 0 aliphatic heterocycles. The van der Waals surface area contributed by atoms with Crippen LogP contribution in [0.15, 0.2) is 89.7 Å². The molecule has 162 valence electrons. The smallest absolute Gasteiger partial charge is 0.287 e. The molecule has 0 aliphatic carbocycles. The third kappa shape index (κ3) is 6.30. The van der Waals surface area contributed by atoms with Crippen molar-refractivity contribution >= 4 is 41.4 Å². The lowest BCUT2D eigenvalue weighted by atomic mass is 10.1. The molecule has 32 heavy (non-hydrogen) atoms. The topological polar surface area (TPSA) is 73.8 Å². The summed E-state index contributed by atoms with van der Waals surface area (Å²) in [6, 6.07) is 23.4. The van der Waals surface area contributed by atoms with Crippen LogP contribution in [-0.4, -0.2) is 32.1 Å². The number of nitrogens with zero attached hydrogens (tertiary/aromatic N) is 2.